The summed E-state index contributed by atoms with van der Waals surface area (Å²) < 4.78 is 3.26. The number of hydrogen-bond donors (Lipinski definition) is 1. The van der Waals surface area contributed by atoms with Crippen molar-refractivity contribution in [3.8, 4) is 5.82 Å². The van der Waals surface area contributed by atoms with E-state index in [4.69, 9.17) is 5.73 Å². The Bertz CT molecular complexity index is 1000. The van der Waals surface area contributed by atoms with Crippen molar-refractivity contribution in [2.45, 2.75) is 19.9 Å². The number of nitrogens with zero attached hydrogens (tertiary/aromatic N) is 6. The number of nitrogen functional groups attached to an aromatic ring is 1. The summed E-state index contributed by atoms with van der Waals surface area (Å²) in [5.74, 6) is 0.905. The van der Waals surface area contributed by atoms with Crippen LogP contribution < -0.4 is 16.2 Å². The topological polar surface area (TPSA) is 94.9 Å². The molecule has 0 saturated carbocycles. The predicted octanol–water partition coefficient (Wildman–Crippen LogP) is 0.814. The molecular formula is C17H19N7O. The van der Waals surface area contributed by atoms with E-state index in [0.29, 0.717) is 30.5 Å². The minimum atomic E-state index is -0.0708. The number of nitrogens with two attached hydrogens (primary N) is 1. The third kappa shape index (κ3) is 2.65. The number of hydrogen-bond acceptors (Lipinski definition) is 6. The highest BCUT2D eigenvalue weighted by Crippen LogP contribution is 2.24. The van der Waals surface area contributed by atoms with Crippen molar-refractivity contribution >= 4 is 11.6 Å². The second kappa shape index (κ2) is 5.73. The Morgan fingerprint density at radius 3 is 2.84 bits per heavy atom. The highest BCUT2D eigenvalue weighted by Gasteiger charge is 2.23. The molecule has 3 aromatic heterocycles. The fourth-order valence-electron chi connectivity index (χ4n) is 3.23. The van der Waals surface area contributed by atoms with E-state index in [1.165, 1.54) is 0 Å². The molecule has 2 N–H and O–H groups in total. The molecule has 4 rings (SSSR count). The smallest absolute Gasteiger partial charge is 0.280 e. The number of pyridine rings is 1. The summed E-state index contributed by atoms with van der Waals surface area (Å²) in [7, 11) is 1.83. The van der Waals surface area contributed by atoms with Gasteiger partial charge in [0, 0.05) is 56.8 Å². The quantitative estimate of drug-likeness (QED) is 0.744. The lowest BCUT2D eigenvalue weighted by molar-refractivity contribution is 0.695. The second-order valence-electron chi connectivity index (χ2n) is 6.24. The molecule has 0 aliphatic carbocycles. The van der Waals surface area contributed by atoms with Crippen molar-refractivity contribution in [1.29, 1.82) is 0 Å². The highest BCUT2D eigenvalue weighted by molar-refractivity contribution is 5.54. The molecule has 0 fully saturated rings. The molecule has 128 valence electrons. The SMILES string of the molecule is Cc1ccn(-c2ccn(C)n2)c(=O)c1N1CCc2nc(N)ncc2C1. The van der Waals surface area contributed by atoms with Gasteiger partial charge in [-0.05, 0) is 18.6 Å². The van der Waals surface area contributed by atoms with Gasteiger partial charge >= 0.3 is 0 Å². The molecular weight excluding hydrogens is 318 g/mol. The van der Waals surface area contributed by atoms with Gasteiger partial charge in [0.05, 0.1) is 5.69 Å². The van der Waals surface area contributed by atoms with Crippen LogP contribution >= 0.6 is 0 Å². The first kappa shape index (κ1) is 15.4. The number of aryl methyl sites for hydroxylation is 2. The second-order valence-corrected chi connectivity index (χ2v) is 6.24. The Balaban J connectivity index is 1.76. The minimum Gasteiger partial charge on any atom is -0.368 e. The maximum atomic E-state index is 13.1. The molecule has 0 radical (unpaired) electrons. The highest BCUT2D eigenvalue weighted by atomic mass is 16.1. The van der Waals surface area contributed by atoms with E-state index in [9.17, 15) is 4.79 Å². The molecule has 8 nitrogen and oxygen atoms in total. The first-order valence-electron chi connectivity index (χ1n) is 8.10. The van der Waals surface area contributed by atoms with Crippen molar-refractivity contribution in [3.63, 3.8) is 0 Å². The molecule has 1 aliphatic heterocycles. The maximum absolute atomic E-state index is 13.1. The Hall–Kier alpha value is -3.16. The lowest BCUT2D eigenvalue weighted by Crippen LogP contribution is -2.37. The summed E-state index contributed by atoms with van der Waals surface area (Å²) in [5, 5.41) is 4.33. The first-order chi connectivity index (χ1) is 12.0. The molecule has 0 spiro atoms. The molecule has 0 aromatic carbocycles. The van der Waals surface area contributed by atoms with Crippen molar-refractivity contribution in [2.75, 3.05) is 17.2 Å². The third-order valence-electron chi connectivity index (χ3n) is 4.48. The zero-order valence-electron chi connectivity index (χ0n) is 14.2. The fraction of sp³-hybridized carbons (Fsp3) is 0.294. The summed E-state index contributed by atoms with van der Waals surface area (Å²) >= 11 is 0. The van der Waals surface area contributed by atoms with Gasteiger partial charge in [0.1, 0.15) is 5.69 Å². The van der Waals surface area contributed by atoms with Gasteiger partial charge in [-0.25, -0.2) is 9.97 Å². The lowest BCUT2D eigenvalue weighted by atomic mass is 10.1. The summed E-state index contributed by atoms with van der Waals surface area (Å²) in [6.07, 6.45) is 6.07. The van der Waals surface area contributed by atoms with Crippen molar-refractivity contribution in [1.82, 2.24) is 24.3 Å². The van der Waals surface area contributed by atoms with Crippen LogP contribution in [0.25, 0.3) is 5.82 Å². The number of rotatable bonds is 2. The summed E-state index contributed by atoms with van der Waals surface area (Å²) in [6, 6.07) is 3.77. The molecule has 0 amide bonds. The average Bonchev–Trinajstić information content (AvgIpc) is 3.01. The molecule has 0 saturated heterocycles. The van der Waals surface area contributed by atoms with Crippen molar-refractivity contribution in [2.24, 2.45) is 7.05 Å². The normalized spacial score (nSPS) is 13.8. The van der Waals surface area contributed by atoms with Gasteiger partial charge in [-0.2, -0.15) is 5.10 Å². The van der Waals surface area contributed by atoms with Crippen LogP contribution in [0.2, 0.25) is 0 Å². The zero-order chi connectivity index (χ0) is 17.6. The standard InChI is InChI=1S/C17H19N7O/c1-11-3-8-24(14-5-6-22(2)21-14)16(25)15(11)23-7-4-13-12(10-23)9-19-17(18)20-13/h3,5-6,8-9H,4,7,10H2,1-2H3,(H2,18,19,20). The van der Waals surface area contributed by atoms with Gasteiger partial charge in [0.2, 0.25) is 5.95 Å². The largest absolute Gasteiger partial charge is 0.368 e. The Kier molecular flexibility index (Phi) is 3.52. The summed E-state index contributed by atoms with van der Waals surface area (Å²) in [5.41, 5.74) is 9.19. The molecule has 0 unspecified atom stereocenters. The maximum Gasteiger partial charge on any atom is 0.280 e. The minimum absolute atomic E-state index is 0.0708. The number of fused-ring (bicyclic) bond motifs is 1. The summed E-state index contributed by atoms with van der Waals surface area (Å²) in [6.45, 7) is 3.26. The predicted molar refractivity (Wildman–Crippen MR) is 94.7 cm³/mol. The number of anilines is 2. The molecule has 0 atom stereocenters. The summed E-state index contributed by atoms with van der Waals surface area (Å²) in [4.78, 5) is 23.5. The van der Waals surface area contributed by atoms with Crippen LogP contribution in [0.1, 0.15) is 16.8 Å². The van der Waals surface area contributed by atoms with Gasteiger partial charge < -0.3 is 10.6 Å². The van der Waals surface area contributed by atoms with Crippen LogP contribution in [0, 0.1) is 6.92 Å². The third-order valence-corrected chi connectivity index (χ3v) is 4.48. The van der Waals surface area contributed by atoms with E-state index < -0.39 is 0 Å². The van der Waals surface area contributed by atoms with Crippen LogP contribution in [0.3, 0.4) is 0 Å². The molecule has 4 heterocycles. The van der Waals surface area contributed by atoms with Crippen LogP contribution in [-0.4, -0.2) is 30.9 Å². The van der Waals surface area contributed by atoms with Crippen molar-refractivity contribution in [3.05, 3.63) is 57.9 Å². The van der Waals surface area contributed by atoms with Gasteiger partial charge in [0.15, 0.2) is 5.82 Å². The molecule has 25 heavy (non-hydrogen) atoms. The van der Waals surface area contributed by atoms with Gasteiger partial charge in [-0.1, -0.05) is 0 Å². The van der Waals surface area contributed by atoms with Gasteiger partial charge in [-0.15, -0.1) is 0 Å². The van der Waals surface area contributed by atoms with Crippen molar-refractivity contribution < 1.29 is 0 Å². The fourth-order valence-corrected chi connectivity index (χ4v) is 3.23. The van der Waals surface area contributed by atoms with E-state index >= 15 is 0 Å². The molecule has 3 aromatic rings. The van der Waals surface area contributed by atoms with E-state index in [2.05, 4.69) is 20.0 Å². The Labute approximate surface area is 144 Å². The first-order valence-corrected chi connectivity index (χ1v) is 8.10. The van der Waals surface area contributed by atoms with E-state index in [0.717, 1.165) is 23.2 Å². The molecule has 1 aliphatic rings. The van der Waals surface area contributed by atoms with E-state index in [1.807, 2.05) is 32.3 Å². The molecule has 8 heteroatoms. The zero-order valence-corrected chi connectivity index (χ0v) is 14.2. The van der Waals surface area contributed by atoms with Gasteiger partial charge in [0.25, 0.3) is 5.56 Å². The molecule has 0 bridgehead atoms. The monoisotopic (exact) mass is 337 g/mol. The average molecular weight is 337 g/mol. The Morgan fingerprint density at radius 2 is 2.08 bits per heavy atom. The van der Waals surface area contributed by atoms with Gasteiger partial charge in [-0.3, -0.25) is 14.0 Å². The van der Waals surface area contributed by atoms with E-state index in [-0.39, 0.29) is 5.56 Å². The van der Waals surface area contributed by atoms with Crippen LogP contribution in [-0.2, 0) is 20.0 Å². The number of aromatic nitrogens is 5. The lowest BCUT2D eigenvalue weighted by Gasteiger charge is -2.30. The van der Waals surface area contributed by atoms with Crippen LogP contribution in [0.5, 0.6) is 0 Å². The Morgan fingerprint density at radius 1 is 1.24 bits per heavy atom. The van der Waals surface area contributed by atoms with Crippen LogP contribution in [0.4, 0.5) is 11.6 Å². The van der Waals surface area contributed by atoms with Crippen LogP contribution in [0.15, 0.2) is 35.5 Å². The van der Waals surface area contributed by atoms with E-state index in [1.54, 1.807) is 21.6 Å².